The Hall–Kier alpha value is -3.45. The molecule has 30 heavy (non-hydrogen) atoms. The Bertz CT molecular complexity index is 1150. The van der Waals surface area contributed by atoms with Crippen molar-refractivity contribution in [1.82, 2.24) is 9.99 Å². The molecule has 0 bridgehead atoms. The van der Waals surface area contributed by atoms with Crippen molar-refractivity contribution in [2.24, 2.45) is 5.10 Å². The van der Waals surface area contributed by atoms with E-state index in [1.807, 2.05) is 45.0 Å². The number of para-hydroxylation sites is 1. The number of amides is 1. The molecule has 154 valence electrons. The fourth-order valence-electron chi connectivity index (χ4n) is 3.35. The van der Waals surface area contributed by atoms with Gasteiger partial charge in [-0.25, -0.2) is 5.43 Å². The smallest absolute Gasteiger partial charge is 0.273 e. The molecule has 0 aliphatic rings. The lowest BCUT2D eigenvalue weighted by molar-refractivity contribution is -0.385. The summed E-state index contributed by atoms with van der Waals surface area (Å²) < 4.78 is 2.08. The number of nitrogens with zero attached hydrogens (tertiary/aromatic N) is 3. The fourth-order valence-corrected chi connectivity index (χ4v) is 3.52. The molecular formula is C22H21ClN4O3. The molecule has 1 N–H and O–H groups in total. The molecule has 0 saturated heterocycles. The second-order valence-corrected chi connectivity index (χ2v) is 7.31. The summed E-state index contributed by atoms with van der Waals surface area (Å²) in [6, 6.07) is 13.9. The highest BCUT2D eigenvalue weighted by atomic mass is 35.5. The summed E-state index contributed by atoms with van der Waals surface area (Å²) in [5, 5.41) is 15.8. The van der Waals surface area contributed by atoms with Gasteiger partial charge in [-0.1, -0.05) is 35.9 Å². The first-order chi connectivity index (χ1) is 14.3. The van der Waals surface area contributed by atoms with Crippen LogP contribution in [0.1, 0.15) is 28.1 Å². The summed E-state index contributed by atoms with van der Waals surface area (Å²) in [7, 11) is 0. The first-order valence-electron chi connectivity index (χ1n) is 9.28. The Morgan fingerprint density at radius 3 is 2.67 bits per heavy atom. The minimum absolute atomic E-state index is 0.0860. The number of halogens is 1. The molecule has 3 rings (SSSR count). The van der Waals surface area contributed by atoms with Crippen LogP contribution in [0.4, 0.5) is 5.69 Å². The van der Waals surface area contributed by atoms with Crippen LogP contribution in [0.15, 0.2) is 53.6 Å². The number of aryl methyl sites for hydroxylation is 1. The van der Waals surface area contributed by atoms with Crippen molar-refractivity contribution in [2.75, 3.05) is 0 Å². The molecule has 0 fully saturated rings. The zero-order chi connectivity index (χ0) is 21.8. The van der Waals surface area contributed by atoms with E-state index in [0.29, 0.717) is 10.6 Å². The maximum Gasteiger partial charge on any atom is 0.273 e. The molecule has 7 nitrogen and oxygen atoms in total. The minimum atomic E-state index is -0.501. The number of carbonyl (C=O) groups excluding carboxylic acids is 1. The van der Waals surface area contributed by atoms with Crippen molar-refractivity contribution in [1.29, 1.82) is 0 Å². The van der Waals surface area contributed by atoms with Gasteiger partial charge in [0.15, 0.2) is 0 Å². The van der Waals surface area contributed by atoms with Crippen LogP contribution in [-0.4, -0.2) is 21.6 Å². The second-order valence-electron chi connectivity index (χ2n) is 6.90. The number of hydrogen-bond acceptors (Lipinski definition) is 4. The average molecular weight is 425 g/mol. The Kier molecular flexibility index (Phi) is 6.32. The molecule has 0 spiro atoms. The van der Waals surface area contributed by atoms with E-state index in [1.165, 1.54) is 6.07 Å². The minimum Gasteiger partial charge on any atom is -0.318 e. The lowest BCUT2D eigenvalue weighted by Gasteiger charge is -2.13. The van der Waals surface area contributed by atoms with Crippen molar-refractivity contribution in [3.63, 3.8) is 0 Å². The SMILES string of the molecule is Cc1c(Cl)cccc1-n1c(C)cc(/C=N/NC(=O)Cc2ccccc2[N+](=O)[O-])c1C. The molecule has 0 aliphatic carbocycles. The van der Waals surface area contributed by atoms with Crippen LogP contribution < -0.4 is 5.43 Å². The van der Waals surface area contributed by atoms with Crippen molar-refractivity contribution < 1.29 is 9.72 Å². The van der Waals surface area contributed by atoms with Crippen LogP contribution in [0.2, 0.25) is 5.02 Å². The van der Waals surface area contributed by atoms with Crippen LogP contribution in [0, 0.1) is 30.9 Å². The van der Waals surface area contributed by atoms with Crippen molar-refractivity contribution >= 4 is 29.4 Å². The Labute approximate surface area is 179 Å². The predicted molar refractivity (Wildman–Crippen MR) is 118 cm³/mol. The maximum absolute atomic E-state index is 12.2. The largest absolute Gasteiger partial charge is 0.318 e. The number of hydrazone groups is 1. The second kappa shape index (κ2) is 8.92. The van der Waals surface area contributed by atoms with E-state index >= 15 is 0 Å². The molecule has 3 aromatic rings. The highest BCUT2D eigenvalue weighted by molar-refractivity contribution is 6.31. The molecule has 2 aromatic carbocycles. The van der Waals surface area contributed by atoms with Crippen LogP contribution in [0.25, 0.3) is 5.69 Å². The number of carbonyl (C=O) groups is 1. The van der Waals surface area contributed by atoms with Crippen LogP contribution in [0.3, 0.4) is 0 Å². The molecule has 0 saturated carbocycles. The zero-order valence-corrected chi connectivity index (χ0v) is 17.6. The Morgan fingerprint density at radius 2 is 1.93 bits per heavy atom. The molecule has 0 aliphatic heterocycles. The number of aromatic nitrogens is 1. The van der Waals surface area contributed by atoms with Crippen molar-refractivity contribution in [3.05, 3.63) is 91.7 Å². The van der Waals surface area contributed by atoms with Gasteiger partial charge in [0.2, 0.25) is 5.91 Å². The molecule has 0 radical (unpaired) electrons. The summed E-state index contributed by atoms with van der Waals surface area (Å²) >= 11 is 6.26. The number of rotatable bonds is 6. The van der Waals surface area contributed by atoms with Crippen molar-refractivity contribution in [2.45, 2.75) is 27.2 Å². The molecular weight excluding hydrogens is 404 g/mol. The van der Waals surface area contributed by atoms with Gasteiger partial charge in [-0.15, -0.1) is 0 Å². The maximum atomic E-state index is 12.2. The third-order valence-electron chi connectivity index (χ3n) is 4.88. The van der Waals surface area contributed by atoms with Crippen LogP contribution in [0.5, 0.6) is 0 Å². The lowest BCUT2D eigenvalue weighted by Crippen LogP contribution is -2.20. The predicted octanol–water partition coefficient (Wildman–Crippen LogP) is 4.66. The first kappa shape index (κ1) is 21.3. The van der Waals surface area contributed by atoms with Gasteiger partial charge in [0.25, 0.3) is 5.69 Å². The highest BCUT2D eigenvalue weighted by Crippen LogP contribution is 2.26. The molecule has 8 heteroatoms. The van der Waals surface area contributed by atoms with Gasteiger partial charge in [0.05, 0.1) is 17.6 Å². The molecule has 1 amide bonds. The van der Waals surface area contributed by atoms with E-state index in [0.717, 1.165) is 28.2 Å². The number of nitro benzene ring substituents is 1. The van der Waals surface area contributed by atoms with Gasteiger partial charge in [-0.2, -0.15) is 5.10 Å². The Morgan fingerprint density at radius 1 is 1.20 bits per heavy atom. The van der Waals surface area contributed by atoms with E-state index in [-0.39, 0.29) is 12.1 Å². The van der Waals surface area contributed by atoms with Crippen LogP contribution in [-0.2, 0) is 11.2 Å². The van der Waals surface area contributed by atoms with Gasteiger partial charge >= 0.3 is 0 Å². The highest BCUT2D eigenvalue weighted by Gasteiger charge is 2.15. The molecule has 0 atom stereocenters. The normalized spacial score (nSPS) is 11.1. The first-order valence-corrected chi connectivity index (χ1v) is 9.66. The third kappa shape index (κ3) is 4.41. The van der Waals surface area contributed by atoms with E-state index in [9.17, 15) is 14.9 Å². The van der Waals surface area contributed by atoms with Gasteiger partial charge in [-0.05, 0) is 44.5 Å². The van der Waals surface area contributed by atoms with Crippen molar-refractivity contribution in [3.8, 4) is 5.69 Å². The fraction of sp³-hybridized carbons (Fsp3) is 0.182. The monoisotopic (exact) mass is 424 g/mol. The Balaban J connectivity index is 1.76. The zero-order valence-electron chi connectivity index (χ0n) is 16.8. The van der Waals surface area contributed by atoms with Gasteiger partial charge in [0, 0.05) is 39.3 Å². The number of hydrogen-bond donors (Lipinski definition) is 1. The number of nitro groups is 1. The van der Waals surface area contributed by atoms with E-state index in [2.05, 4.69) is 15.1 Å². The molecule has 0 unspecified atom stereocenters. The molecule has 1 aromatic heterocycles. The number of benzene rings is 2. The summed E-state index contributed by atoms with van der Waals surface area (Å²) in [6.45, 7) is 5.91. The number of nitrogens with one attached hydrogen (secondary N) is 1. The summed E-state index contributed by atoms with van der Waals surface area (Å²) in [6.07, 6.45) is 1.44. The van der Waals surface area contributed by atoms with Crippen LogP contribution >= 0.6 is 11.6 Å². The standard InChI is InChI=1S/C22H21ClN4O3/c1-14-11-18(16(3)26(14)20-10-6-8-19(23)15(20)2)13-24-25-22(28)12-17-7-4-5-9-21(17)27(29)30/h4-11,13H,12H2,1-3H3,(H,25,28)/b24-13+. The topological polar surface area (TPSA) is 89.5 Å². The van der Waals surface area contributed by atoms with Gasteiger partial charge in [0.1, 0.15) is 0 Å². The summed E-state index contributed by atoms with van der Waals surface area (Å²) in [5.41, 5.74) is 7.45. The van der Waals surface area contributed by atoms with Gasteiger partial charge < -0.3 is 4.57 Å². The third-order valence-corrected chi connectivity index (χ3v) is 5.29. The van der Waals surface area contributed by atoms with E-state index in [1.54, 1.807) is 24.4 Å². The van der Waals surface area contributed by atoms with E-state index in [4.69, 9.17) is 11.6 Å². The quantitative estimate of drug-likeness (QED) is 0.354. The summed E-state index contributed by atoms with van der Waals surface area (Å²) in [4.78, 5) is 22.7. The lowest BCUT2D eigenvalue weighted by atomic mass is 10.1. The van der Waals surface area contributed by atoms with E-state index < -0.39 is 10.8 Å². The molecule has 1 heterocycles. The average Bonchev–Trinajstić information content (AvgIpc) is 2.98. The van der Waals surface area contributed by atoms with Gasteiger partial charge in [-0.3, -0.25) is 14.9 Å². The summed E-state index contributed by atoms with van der Waals surface area (Å²) in [5.74, 6) is -0.431.